The Kier molecular flexibility index (Phi) is 5.09. The number of benzene rings is 1. The molecule has 1 unspecified atom stereocenters. The largest absolute Gasteiger partial charge is 0.494 e. The minimum Gasteiger partial charge on any atom is -0.494 e. The Hall–Kier alpha value is -1.46. The molecule has 0 amide bonds. The molecule has 4 nitrogen and oxygen atoms in total. The quantitative estimate of drug-likeness (QED) is 0.885. The van der Waals surface area contributed by atoms with E-state index >= 15 is 0 Å². The maximum Gasteiger partial charge on any atom is 0.119 e. The van der Waals surface area contributed by atoms with E-state index in [1.807, 2.05) is 24.3 Å². The van der Waals surface area contributed by atoms with Gasteiger partial charge in [-0.05, 0) is 41.6 Å². The van der Waals surface area contributed by atoms with E-state index in [0.29, 0.717) is 5.92 Å². The van der Waals surface area contributed by atoms with E-state index < -0.39 is 0 Å². The molecule has 0 radical (unpaired) electrons. The summed E-state index contributed by atoms with van der Waals surface area (Å²) in [4.78, 5) is 1.04. The highest BCUT2D eigenvalue weighted by molar-refractivity contribution is 7.05. The highest BCUT2D eigenvalue weighted by Gasteiger charge is 2.19. The average Bonchev–Trinajstić information content (AvgIpc) is 2.94. The molecule has 20 heavy (non-hydrogen) atoms. The topological polar surface area (TPSA) is 61.0 Å². The van der Waals surface area contributed by atoms with Crippen LogP contribution in [0.2, 0.25) is 0 Å². The Morgan fingerprint density at radius 3 is 2.55 bits per heavy atom. The lowest BCUT2D eigenvalue weighted by atomic mass is 10.0. The van der Waals surface area contributed by atoms with E-state index in [1.165, 1.54) is 11.5 Å². The summed E-state index contributed by atoms with van der Waals surface area (Å²) in [7, 11) is 0. The molecule has 0 aliphatic rings. The third-order valence-electron chi connectivity index (χ3n) is 3.08. The van der Waals surface area contributed by atoms with Gasteiger partial charge in [-0.2, -0.15) is 0 Å². The molecule has 1 heterocycles. The zero-order valence-corrected chi connectivity index (χ0v) is 13.0. The molecule has 0 fully saturated rings. The molecule has 0 bridgehead atoms. The molecule has 0 aliphatic carbocycles. The van der Waals surface area contributed by atoms with Crippen LogP contribution in [-0.4, -0.2) is 16.2 Å². The number of nitrogens with two attached hydrogens (primary N) is 1. The van der Waals surface area contributed by atoms with Crippen LogP contribution in [0.25, 0.3) is 0 Å². The van der Waals surface area contributed by atoms with Crippen LogP contribution in [0.3, 0.4) is 0 Å². The molecule has 1 atom stereocenters. The predicted molar refractivity (Wildman–Crippen MR) is 82.3 cm³/mol. The number of ether oxygens (including phenoxy) is 1. The maximum atomic E-state index is 6.34. The lowest BCUT2D eigenvalue weighted by Gasteiger charge is -2.13. The Labute approximate surface area is 124 Å². The molecule has 5 heteroatoms. The second kappa shape index (κ2) is 6.81. The summed E-state index contributed by atoms with van der Waals surface area (Å²) in [6.45, 7) is 7.04. The van der Waals surface area contributed by atoms with Crippen LogP contribution in [0.5, 0.6) is 5.75 Å². The maximum absolute atomic E-state index is 6.34. The van der Waals surface area contributed by atoms with Crippen molar-refractivity contribution in [3.63, 3.8) is 0 Å². The lowest BCUT2D eigenvalue weighted by Crippen LogP contribution is -2.13. The van der Waals surface area contributed by atoms with Crippen LogP contribution in [0.4, 0.5) is 0 Å². The Morgan fingerprint density at radius 2 is 1.95 bits per heavy atom. The van der Waals surface area contributed by atoms with Crippen molar-refractivity contribution in [3.05, 3.63) is 40.4 Å². The number of hydrogen-bond acceptors (Lipinski definition) is 5. The fourth-order valence-corrected chi connectivity index (χ4v) is 2.80. The zero-order chi connectivity index (χ0) is 14.5. The van der Waals surface area contributed by atoms with Crippen molar-refractivity contribution in [2.75, 3.05) is 6.61 Å². The summed E-state index contributed by atoms with van der Waals surface area (Å²) in [6.07, 6.45) is 1.01. The van der Waals surface area contributed by atoms with Crippen molar-refractivity contribution in [2.24, 2.45) is 5.73 Å². The van der Waals surface area contributed by atoms with Gasteiger partial charge in [0, 0.05) is 0 Å². The molecular formula is C15H21N3OS. The van der Waals surface area contributed by atoms with Gasteiger partial charge in [0.05, 0.1) is 23.2 Å². The molecule has 0 spiro atoms. The molecule has 1 aromatic heterocycles. The molecule has 108 valence electrons. The minimum absolute atomic E-state index is 0.173. The fourth-order valence-electron chi connectivity index (χ4n) is 1.96. The SMILES string of the molecule is CCCOc1ccc(C(N)c2snnc2C(C)C)cc1. The summed E-state index contributed by atoms with van der Waals surface area (Å²) in [6, 6.07) is 7.79. The zero-order valence-electron chi connectivity index (χ0n) is 12.2. The molecule has 0 saturated carbocycles. The van der Waals surface area contributed by atoms with Gasteiger partial charge < -0.3 is 10.5 Å². The van der Waals surface area contributed by atoms with Gasteiger partial charge in [0.1, 0.15) is 5.75 Å². The Morgan fingerprint density at radius 1 is 1.25 bits per heavy atom. The van der Waals surface area contributed by atoms with Crippen molar-refractivity contribution in [1.82, 2.24) is 9.59 Å². The van der Waals surface area contributed by atoms with E-state index in [1.54, 1.807) is 0 Å². The number of nitrogens with zero attached hydrogens (tertiary/aromatic N) is 2. The van der Waals surface area contributed by atoms with E-state index in [0.717, 1.165) is 34.9 Å². The van der Waals surface area contributed by atoms with Crippen LogP contribution in [-0.2, 0) is 0 Å². The van der Waals surface area contributed by atoms with Crippen molar-refractivity contribution < 1.29 is 4.74 Å². The van der Waals surface area contributed by atoms with Gasteiger partial charge in [0.2, 0.25) is 0 Å². The summed E-state index contributed by atoms with van der Waals surface area (Å²) >= 11 is 1.38. The van der Waals surface area contributed by atoms with Crippen molar-refractivity contribution in [2.45, 2.75) is 39.2 Å². The van der Waals surface area contributed by atoms with Crippen LogP contribution < -0.4 is 10.5 Å². The third-order valence-corrected chi connectivity index (χ3v) is 3.90. The van der Waals surface area contributed by atoms with Gasteiger partial charge >= 0.3 is 0 Å². The van der Waals surface area contributed by atoms with Gasteiger partial charge in [0.25, 0.3) is 0 Å². The fraction of sp³-hybridized carbons (Fsp3) is 0.467. The monoisotopic (exact) mass is 291 g/mol. The van der Waals surface area contributed by atoms with Crippen LogP contribution in [0.1, 0.15) is 55.3 Å². The molecule has 2 rings (SSSR count). The first-order chi connectivity index (χ1) is 9.63. The van der Waals surface area contributed by atoms with E-state index in [9.17, 15) is 0 Å². The smallest absolute Gasteiger partial charge is 0.119 e. The lowest BCUT2D eigenvalue weighted by molar-refractivity contribution is 0.317. The van der Waals surface area contributed by atoms with Gasteiger partial charge in [0.15, 0.2) is 0 Å². The summed E-state index contributed by atoms with van der Waals surface area (Å²) < 4.78 is 9.61. The highest BCUT2D eigenvalue weighted by Crippen LogP contribution is 2.29. The summed E-state index contributed by atoms with van der Waals surface area (Å²) in [5.41, 5.74) is 8.39. The third kappa shape index (κ3) is 3.35. The normalized spacial score (nSPS) is 12.7. The molecule has 1 aromatic carbocycles. The minimum atomic E-state index is -0.173. The molecule has 2 N–H and O–H groups in total. The number of hydrogen-bond donors (Lipinski definition) is 1. The first kappa shape index (κ1) is 14.9. The Balaban J connectivity index is 2.16. The highest BCUT2D eigenvalue weighted by atomic mass is 32.1. The van der Waals surface area contributed by atoms with Gasteiger partial charge in [-0.1, -0.05) is 37.4 Å². The van der Waals surface area contributed by atoms with Gasteiger partial charge in [-0.15, -0.1) is 5.10 Å². The first-order valence-corrected chi connectivity index (χ1v) is 7.71. The van der Waals surface area contributed by atoms with Crippen LogP contribution in [0, 0.1) is 0 Å². The molecule has 0 aliphatic heterocycles. The van der Waals surface area contributed by atoms with Gasteiger partial charge in [-0.3, -0.25) is 0 Å². The van der Waals surface area contributed by atoms with Crippen LogP contribution in [0.15, 0.2) is 24.3 Å². The van der Waals surface area contributed by atoms with Crippen LogP contribution >= 0.6 is 11.5 Å². The molecule has 2 aromatic rings. The van der Waals surface area contributed by atoms with E-state index in [-0.39, 0.29) is 6.04 Å². The average molecular weight is 291 g/mol. The standard InChI is InChI=1S/C15H21N3OS/c1-4-9-19-12-7-5-11(6-8-12)13(16)15-14(10(2)3)17-18-20-15/h5-8,10,13H,4,9,16H2,1-3H3. The number of aromatic nitrogens is 2. The number of rotatable bonds is 6. The second-order valence-corrected chi connectivity index (χ2v) is 5.86. The van der Waals surface area contributed by atoms with Crippen molar-refractivity contribution in [1.29, 1.82) is 0 Å². The van der Waals surface area contributed by atoms with E-state index in [2.05, 4.69) is 30.4 Å². The van der Waals surface area contributed by atoms with E-state index in [4.69, 9.17) is 10.5 Å². The molecular weight excluding hydrogens is 270 g/mol. The summed E-state index contributed by atoms with van der Waals surface area (Å²) in [5, 5.41) is 4.18. The van der Waals surface area contributed by atoms with Crippen molar-refractivity contribution >= 4 is 11.5 Å². The van der Waals surface area contributed by atoms with Gasteiger partial charge in [-0.25, -0.2) is 0 Å². The molecule has 0 saturated heterocycles. The van der Waals surface area contributed by atoms with Crippen molar-refractivity contribution in [3.8, 4) is 5.75 Å². The Bertz CT molecular complexity index is 536. The second-order valence-electron chi connectivity index (χ2n) is 5.07. The summed E-state index contributed by atoms with van der Waals surface area (Å²) in [5.74, 6) is 1.22. The first-order valence-electron chi connectivity index (χ1n) is 6.94. The predicted octanol–water partition coefficient (Wildman–Crippen LogP) is 3.50.